The van der Waals surface area contributed by atoms with Gasteiger partial charge in [0.1, 0.15) is 0 Å². The first-order valence-corrected chi connectivity index (χ1v) is 4.02. The molecule has 0 spiro atoms. The number of nitrogens with zero attached hydrogens (tertiary/aromatic N) is 18. The van der Waals surface area contributed by atoms with Crippen molar-refractivity contribution in [1.29, 1.82) is 94.7 Å². The molecule has 18 nitrogen and oxygen atoms in total. The monoisotopic (exact) mass is 740 g/mol. The molecule has 0 aromatic heterocycles. The molecule has 0 saturated heterocycles. The maximum Gasteiger partial charge on any atom is 4.00 e. The molecule has 0 heterocycles. The predicted molar refractivity (Wildman–Crippen MR) is 89.4 cm³/mol. The third-order valence-corrected chi connectivity index (χ3v) is 0. The second-order valence-corrected chi connectivity index (χ2v) is 0. The molecule has 41 heavy (non-hydrogen) atoms. The van der Waals surface area contributed by atoms with E-state index in [4.69, 9.17) is 213 Å². The normalized spacial score (nSPS) is 0.878. The van der Waals surface area contributed by atoms with E-state index in [0.717, 1.165) is 0 Å². The molecule has 2 radical (unpaired) electrons. The summed E-state index contributed by atoms with van der Waals surface area (Å²) < 4.78 is 0. The van der Waals surface area contributed by atoms with Crippen LogP contribution in [0.5, 0.6) is 0 Å². The van der Waals surface area contributed by atoms with Crippen LogP contribution in [0.2, 0.25) is 0 Å². The van der Waals surface area contributed by atoms with Crippen LogP contribution in [0.4, 0.5) is 0 Å². The van der Waals surface area contributed by atoms with E-state index in [9.17, 15) is 0 Å². The van der Waals surface area contributed by atoms with Gasteiger partial charge in [-0.25, -0.2) is 0 Å². The molecular formula is C18Cr2Fe3N18. The van der Waals surface area contributed by atoms with Crippen molar-refractivity contribution in [3.63, 3.8) is 0 Å². The molecule has 0 bridgehead atoms. The summed E-state index contributed by atoms with van der Waals surface area (Å²) in [4.78, 5) is 0. The van der Waals surface area contributed by atoms with E-state index in [1.807, 2.05) is 0 Å². The molecule has 0 aliphatic rings. The third kappa shape index (κ3) is 769. The summed E-state index contributed by atoms with van der Waals surface area (Å²) in [5.74, 6) is 0. The zero-order valence-electron chi connectivity index (χ0n) is 18.9. The molecule has 0 aromatic rings. The Bertz CT molecular complexity index is 374. The molecule has 23 heteroatoms. The second kappa shape index (κ2) is 819. The Morgan fingerprint density at radius 3 is 0.122 bits per heavy atom. The summed E-state index contributed by atoms with van der Waals surface area (Å²) in [7, 11) is 0. The number of rotatable bonds is 0. The van der Waals surface area contributed by atoms with Gasteiger partial charge in [-0.15, -0.1) is 0 Å². The smallest absolute Gasteiger partial charge is 0.512 e. The largest absolute Gasteiger partial charge is 4.00 e. The molecule has 0 N–H and O–H groups in total. The van der Waals surface area contributed by atoms with E-state index in [1.165, 1.54) is 0 Å². The minimum Gasteiger partial charge on any atom is -0.512 e. The zero-order chi connectivity index (χ0) is 36.0. The van der Waals surface area contributed by atoms with Crippen LogP contribution in [0.3, 0.4) is 0 Å². The molecule has 0 aliphatic carbocycles. The van der Waals surface area contributed by atoms with E-state index in [0.29, 0.717) is 0 Å². The fourth-order valence-electron chi connectivity index (χ4n) is 0. The van der Waals surface area contributed by atoms with E-state index >= 15 is 0 Å². The van der Waals surface area contributed by atoms with Gasteiger partial charge in [-0.3, -0.25) is 0 Å². The summed E-state index contributed by atoms with van der Waals surface area (Å²) in [5.41, 5.74) is 0. The molecular weight excluding hydrogens is 740 g/mol. The van der Waals surface area contributed by atoms with Gasteiger partial charge in [-0.1, -0.05) is 0 Å². The molecule has 0 aromatic carbocycles. The van der Waals surface area contributed by atoms with Crippen LogP contribution in [0.25, 0.3) is 0 Å². The van der Waals surface area contributed by atoms with Gasteiger partial charge in [0.2, 0.25) is 0 Å². The van der Waals surface area contributed by atoms with Crippen molar-refractivity contribution in [2.24, 2.45) is 0 Å². The fourth-order valence-corrected chi connectivity index (χ4v) is 0. The van der Waals surface area contributed by atoms with Crippen molar-refractivity contribution in [3.8, 4) is 0 Å². The molecule has 0 rings (SSSR count). The van der Waals surface area contributed by atoms with Crippen molar-refractivity contribution in [2.75, 3.05) is 0 Å². The van der Waals surface area contributed by atoms with Crippen LogP contribution < -0.4 is 0 Å². The predicted octanol–water partition coefficient (Wildman–Crippen LogP) is 1.72. The van der Waals surface area contributed by atoms with E-state index in [2.05, 4.69) is 0 Å². The SMILES string of the molecule is [C-]#N.[C-]#N.[C-]#N.[C-]#N.[C-]#N.[C-]#N.[C-]#N.[C-]#N.[C-]#N.[C-]#N.[C-]#N.[C-]#N.[C-]#N.[C-]#N.[C-]#N.[C-]#N.[C-]#N.[C-]#N.[Cr+3].[Cr+3].[Fe+4].[Fe+4].[Fe+4]. The summed E-state index contributed by atoms with van der Waals surface area (Å²) in [6.07, 6.45) is 0. The minimum absolute atomic E-state index is 0. The van der Waals surface area contributed by atoms with E-state index in [1.54, 1.807) is 0 Å². The van der Waals surface area contributed by atoms with Gasteiger partial charge in [0.15, 0.2) is 0 Å². The van der Waals surface area contributed by atoms with Gasteiger partial charge in [0, 0.05) is 0 Å². The number of hydrogen-bond donors (Lipinski definition) is 0. The molecule has 0 aliphatic heterocycles. The van der Waals surface area contributed by atoms with Gasteiger partial charge in [-0.05, 0) is 0 Å². The van der Waals surface area contributed by atoms with Crippen molar-refractivity contribution in [1.82, 2.24) is 0 Å². The topological polar surface area (TPSA) is 428 Å². The van der Waals surface area contributed by atoms with Crippen LogP contribution in [0, 0.1) is 213 Å². The standard InChI is InChI=1S/18CN.2Cr.3Fe/c18*1-2;;;;;/q18*-1;2*+3;3*+4. The first kappa shape index (κ1) is 294. The Balaban J connectivity index is -0.00000000396. The quantitative estimate of drug-likeness (QED) is 0.252. The maximum atomic E-state index is 6.25. The molecule has 0 amide bonds. The van der Waals surface area contributed by atoms with Crippen molar-refractivity contribution in [3.05, 3.63) is 118 Å². The maximum absolute atomic E-state index is 6.25. The van der Waals surface area contributed by atoms with Crippen LogP contribution in [-0.2, 0) is 85.9 Å². The first-order chi connectivity index (χ1) is 18.0. The molecule has 0 atom stereocenters. The second-order valence-electron chi connectivity index (χ2n) is 0. The van der Waals surface area contributed by atoms with Gasteiger partial charge < -0.3 is 213 Å². The van der Waals surface area contributed by atoms with Crippen LogP contribution >= 0.6 is 0 Å². The summed E-state index contributed by atoms with van der Waals surface area (Å²) in [5, 5.41) is 112. The average molecular weight is 740 g/mol. The average Bonchev–Trinajstić information content (AvgIpc) is 3.13. The van der Waals surface area contributed by atoms with Gasteiger partial charge >= 0.3 is 85.9 Å². The minimum atomic E-state index is 0. The Hall–Kier alpha value is -6.56. The van der Waals surface area contributed by atoms with Gasteiger partial charge in [0.05, 0.1) is 0 Å². The van der Waals surface area contributed by atoms with Crippen molar-refractivity contribution >= 4 is 0 Å². The Labute approximate surface area is 297 Å². The number of hydrogen-bond acceptors (Lipinski definition) is 18. The molecule has 0 unspecified atom stereocenters. The first-order valence-electron chi connectivity index (χ1n) is 4.02. The zero-order valence-corrected chi connectivity index (χ0v) is 24.8. The summed E-state index contributed by atoms with van der Waals surface area (Å²) in [6, 6.07) is 0. The third-order valence-electron chi connectivity index (χ3n) is 0. The van der Waals surface area contributed by atoms with Crippen molar-refractivity contribution in [2.45, 2.75) is 0 Å². The molecule has 0 saturated carbocycles. The molecule has 198 valence electrons. The Kier molecular flexibility index (Phi) is 5880. The van der Waals surface area contributed by atoms with Crippen LogP contribution in [0.1, 0.15) is 0 Å². The fraction of sp³-hybridized carbons (Fsp3) is 0. The van der Waals surface area contributed by atoms with Crippen molar-refractivity contribution < 1.29 is 85.9 Å². The summed E-state index contributed by atoms with van der Waals surface area (Å²) in [6.45, 7) is 85.5. The Morgan fingerprint density at radius 2 is 0.122 bits per heavy atom. The Morgan fingerprint density at radius 1 is 0.122 bits per heavy atom. The van der Waals surface area contributed by atoms with Gasteiger partial charge in [0.25, 0.3) is 0 Å². The van der Waals surface area contributed by atoms with Crippen LogP contribution in [0.15, 0.2) is 0 Å². The van der Waals surface area contributed by atoms with Gasteiger partial charge in [-0.2, -0.15) is 0 Å². The van der Waals surface area contributed by atoms with E-state index in [-0.39, 0.29) is 85.9 Å². The van der Waals surface area contributed by atoms with Crippen LogP contribution in [-0.4, -0.2) is 0 Å². The van der Waals surface area contributed by atoms with E-state index < -0.39 is 0 Å². The summed E-state index contributed by atoms with van der Waals surface area (Å²) >= 11 is 0. The molecule has 0 fully saturated rings.